The lowest BCUT2D eigenvalue weighted by Crippen LogP contribution is -2.31. The number of hydrogen-bond acceptors (Lipinski definition) is 2. The van der Waals surface area contributed by atoms with Gasteiger partial charge in [-0.2, -0.15) is 0 Å². The molecule has 0 radical (unpaired) electrons. The van der Waals surface area contributed by atoms with Crippen molar-refractivity contribution in [3.8, 4) is 0 Å². The number of hydrogen-bond donors (Lipinski definition) is 1. The monoisotopic (exact) mass is 268 g/mol. The third-order valence-corrected chi connectivity index (χ3v) is 3.86. The molecule has 0 atom stereocenters. The Kier molecular flexibility index (Phi) is 2.93. The molecule has 2 heterocycles. The molecule has 0 fully saturated rings. The molecule has 4 heteroatoms. The van der Waals surface area contributed by atoms with E-state index in [1.807, 2.05) is 38.1 Å². The zero-order chi connectivity index (χ0) is 14.3. The lowest BCUT2D eigenvalue weighted by molar-refractivity contribution is 0.0749. The first-order chi connectivity index (χ1) is 9.56. The van der Waals surface area contributed by atoms with Gasteiger partial charge in [0.25, 0.3) is 11.5 Å². The predicted octanol–water partition coefficient (Wildman–Crippen LogP) is 2.15. The molecule has 0 spiro atoms. The summed E-state index contributed by atoms with van der Waals surface area (Å²) < 4.78 is 0. The van der Waals surface area contributed by atoms with E-state index in [1.165, 1.54) is 0 Å². The minimum absolute atomic E-state index is 0.203. The molecule has 20 heavy (non-hydrogen) atoms. The lowest BCUT2D eigenvalue weighted by Gasteiger charge is -2.15. The van der Waals surface area contributed by atoms with Gasteiger partial charge in [-0.1, -0.05) is 24.3 Å². The third kappa shape index (κ3) is 2.03. The molecule has 2 aromatic rings. The molecule has 3 rings (SSSR count). The first-order valence-corrected chi connectivity index (χ1v) is 6.63. The zero-order valence-corrected chi connectivity index (χ0v) is 11.6. The number of rotatable bonds is 1. The van der Waals surface area contributed by atoms with Crippen LogP contribution in [0.4, 0.5) is 0 Å². The van der Waals surface area contributed by atoms with Crippen molar-refractivity contribution in [1.82, 2.24) is 9.88 Å². The highest BCUT2D eigenvalue weighted by Gasteiger charge is 2.25. The largest absolute Gasteiger partial charge is 0.330 e. The molecule has 1 amide bonds. The summed E-state index contributed by atoms with van der Waals surface area (Å²) in [5, 5.41) is 0. The number of aromatic nitrogens is 1. The van der Waals surface area contributed by atoms with E-state index in [0.717, 1.165) is 22.4 Å². The predicted molar refractivity (Wildman–Crippen MR) is 76.6 cm³/mol. The summed E-state index contributed by atoms with van der Waals surface area (Å²) >= 11 is 0. The van der Waals surface area contributed by atoms with Gasteiger partial charge in [0.1, 0.15) is 5.56 Å². The average Bonchev–Trinajstić information content (AvgIpc) is 2.86. The van der Waals surface area contributed by atoms with Crippen LogP contribution in [0, 0.1) is 13.8 Å². The molecule has 0 saturated heterocycles. The van der Waals surface area contributed by atoms with Gasteiger partial charge >= 0.3 is 0 Å². The molecule has 4 nitrogen and oxygen atoms in total. The molecular weight excluding hydrogens is 252 g/mol. The molecule has 0 bridgehead atoms. The number of H-pyrrole nitrogens is 1. The van der Waals surface area contributed by atoms with Gasteiger partial charge in [0.2, 0.25) is 0 Å². The fourth-order valence-corrected chi connectivity index (χ4v) is 2.53. The molecule has 1 aromatic carbocycles. The van der Waals surface area contributed by atoms with Crippen molar-refractivity contribution >= 4 is 5.91 Å². The summed E-state index contributed by atoms with van der Waals surface area (Å²) in [6, 6.07) is 9.66. The van der Waals surface area contributed by atoms with Gasteiger partial charge in [-0.3, -0.25) is 9.59 Å². The highest BCUT2D eigenvalue weighted by molar-refractivity contribution is 5.94. The van der Waals surface area contributed by atoms with Gasteiger partial charge in [-0.25, -0.2) is 0 Å². The molecule has 0 saturated carbocycles. The van der Waals surface area contributed by atoms with Gasteiger partial charge in [-0.05, 0) is 36.6 Å². The summed E-state index contributed by atoms with van der Waals surface area (Å²) in [5.41, 5.74) is 3.94. The number of aryl methyl sites for hydroxylation is 2. The van der Waals surface area contributed by atoms with Gasteiger partial charge in [-0.15, -0.1) is 0 Å². The lowest BCUT2D eigenvalue weighted by atomic mass is 10.1. The van der Waals surface area contributed by atoms with Crippen molar-refractivity contribution < 1.29 is 4.79 Å². The second-order valence-electron chi connectivity index (χ2n) is 5.25. The van der Waals surface area contributed by atoms with E-state index in [0.29, 0.717) is 13.1 Å². The Hall–Kier alpha value is -2.36. The molecular formula is C16H16N2O2. The summed E-state index contributed by atoms with van der Waals surface area (Å²) in [6.45, 7) is 4.86. The fraction of sp³-hybridized carbons (Fsp3) is 0.250. The number of fused-ring (bicyclic) bond motifs is 1. The molecule has 0 aliphatic carbocycles. The van der Waals surface area contributed by atoms with Crippen LogP contribution in [0.3, 0.4) is 0 Å². The Morgan fingerprint density at radius 2 is 1.75 bits per heavy atom. The number of nitrogens with zero attached hydrogens (tertiary/aromatic N) is 1. The van der Waals surface area contributed by atoms with Crippen molar-refractivity contribution in [1.29, 1.82) is 0 Å². The van der Waals surface area contributed by atoms with Crippen LogP contribution in [0.1, 0.15) is 32.7 Å². The van der Waals surface area contributed by atoms with Crippen molar-refractivity contribution in [2.24, 2.45) is 0 Å². The number of nitrogens with one attached hydrogen (secondary N) is 1. The Morgan fingerprint density at radius 1 is 1.15 bits per heavy atom. The zero-order valence-electron chi connectivity index (χ0n) is 11.6. The minimum atomic E-state index is -0.311. The normalized spacial score (nSPS) is 13.4. The van der Waals surface area contributed by atoms with E-state index in [1.54, 1.807) is 11.0 Å². The van der Waals surface area contributed by atoms with E-state index in [2.05, 4.69) is 4.98 Å². The third-order valence-electron chi connectivity index (χ3n) is 3.86. The number of aromatic amines is 1. The minimum Gasteiger partial charge on any atom is -0.330 e. The molecule has 1 aliphatic heterocycles. The Labute approximate surface area is 117 Å². The maximum atomic E-state index is 12.5. The second kappa shape index (κ2) is 4.63. The highest BCUT2D eigenvalue weighted by Crippen LogP contribution is 2.23. The van der Waals surface area contributed by atoms with Crippen molar-refractivity contribution in [3.63, 3.8) is 0 Å². The van der Waals surface area contributed by atoms with E-state index in [9.17, 15) is 9.59 Å². The van der Waals surface area contributed by atoms with Gasteiger partial charge < -0.3 is 9.88 Å². The van der Waals surface area contributed by atoms with E-state index < -0.39 is 0 Å². The topological polar surface area (TPSA) is 53.2 Å². The molecule has 1 aromatic heterocycles. The molecule has 1 N–H and O–H groups in total. The summed E-state index contributed by atoms with van der Waals surface area (Å²) in [4.78, 5) is 28.9. The van der Waals surface area contributed by atoms with E-state index in [4.69, 9.17) is 0 Å². The van der Waals surface area contributed by atoms with Crippen LogP contribution in [0.5, 0.6) is 0 Å². The van der Waals surface area contributed by atoms with Gasteiger partial charge in [0, 0.05) is 18.8 Å². The number of pyridine rings is 1. The standard InChI is InChI=1S/C16H16N2O2/c1-10-7-14(15(19)17-11(10)2)16(20)18-8-12-5-3-4-6-13(12)9-18/h3-7H,8-9H2,1-2H3,(H,17,19). The molecule has 102 valence electrons. The highest BCUT2D eigenvalue weighted by atomic mass is 16.2. The number of benzene rings is 1. The Morgan fingerprint density at radius 3 is 2.35 bits per heavy atom. The van der Waals surface area contributed by atoms with Crippen molar-refractivity contribution in [3.05, 3.63) is 68.6 Å². The maximum absolute atomic E-state index is 12.5. The summed E-state index contributed by atoms with van der Waals surface area (Å²) in [5.74, 6) is -0.203. The number of amides is 1. The Bertz CT molecular complexity index is 721. The van der Waals surface area contributed by atoms with Crippen LogP contribution in [0.15, 0.2) is 35.1 Å². The van der Waals surface area contributed by atoms with Crippen molar-refractivity contribution in [2.45, 2.75) is 26.9 Å². The number of carbonyl (C=O) groups excluding carboxylic acids is 1. The SMILES string of the molecule is Cc1cc(C(=O)N2Cc3ccccc3C2)c(=O)[nH]c1C. The van der Waals surface area contributed by atoms with Crippen LogP contribution in [0.25, 0.3) is 0 Å². The molecule has 1 aliphatic rings. The van der Waals surface area contributed by atoms with Crippen LogP contribution in [-0.4, -0.2) is 15.8 Å². The van der Waals surface area contributed by atoms with Gasteiger partial charge in [0.05, 0.1) is 0 Å². The summed E-state index contributed by atoms with van der Waals surface area (Å²) in [7, 11) is 0. The smallest absolute Gasteiger partial charge is 0.261 e. The van der Waals surface area contributed by atoms with Crippen LogP contribution >= 0.6 is 0 Å². The van der Waals surface area contributed by atoms with Gasteiger partial charge in [0.15, 0.2) is 0 Å². The van der Waals surface area contributed by atoms with Crippen LogP contribution < -0.4 is 5.56 Å². The fourth-order valence-electron chi connectivity index (χ4n) is 2.53. The quantitative estimate of drug-likeness (QED) is 0.861. The molecule has 0 unspecified atom stereocenters. The first kappa shape index (κ1) is 12.7. The average molecular weight is 268 g/mol. The van der Waals surface area contributed by atoms with Crippen LogP contribution in [0.2, 0.25) is 0 Å². The van der Waals surface area contributed by atoms with Crippen LogP contribution in [-0.2, 0) is 13.1 Å². The van der Waals surface area contributed by atoms with Crippen molar-refractivity contribution in [2.75, 3.05) is 0 Å². The second-order valence-corrected chi connectivity index (χ2v) is 5.25. The maximum Gasteiger partial charge on any atom is 0.261 e. The summed E-state index contributed by atoms with van der Waals surface area (Å²) in [6.07, 6.45) is 0. The Balaban J connectivity index is 1.92. The first-order valence-electron chi connectivity index (χ1n) is 6.63. The number of carbonyl (C=O) groups is 1. The van der Waals surface area contributed by atoms with E-state index >= 15 is 0 Å². The van der Waals surface area contributed by atoms with E-state index in [-0.39, 0.29) is 17.0 Å².